The van der Waals surface area contributed by atoms with E-state index >= 15 is 0 Å². The molecule has 0 N–H and O–H groups in total. The molecule has 0 spiro atoms. The Balaban J connectivity index is 2.47. The van der Waals surface area contributed by atoms with Crippen LogP contribution in [0.1, 0.15) is 11.1 Å². The van der Waals surface area contributed by atoms with Crippen LogP contribution < -0.4 is 9.47 Å². The number of sulfonamides is 1. The van der Waals surface area contributed by atoms with Crippen LogP contribution in [0, 0.1) is 11.3 Å². The van der Waals surface area contributed by atoms with Gasteiger partial charge in [0.05, 0.1) is 25.9 Å². The molecule has 0 radical (unpaired) electrons. The van der Waals surface area contributed by atoms with Gasteiger partial charge in [0, 0.05) is 25.7 Å². The molecule has 2 aromatic carbocycles. The van der Waals surface area contributed by atoms with Crippen molar-refractivity contribution < 1.29 is 17.9 Å². The maximum absolute atomic E-state index is 13.5. The molecule has 0 aliphatic carbocycles. The third-order valence-corrected chi connectivity index (χ3v) is 6.07. The predicted octanol–water partition coefficient (Wildman–Crippen LogP) is 2.33. The van der Waals surface area contributed by atoms with Crippen LogP contribution in [0.5, 0.6) is 11.5 Å². The minimum absolute atomic E-state index is 0.0459. The summed E-state index contributed by atoms with van der Waals surface area (Å²) in [6.45, 7) is 0.974. The van der Waals surface area contributed by atoms with E-state index in [0.717, 1.165) is 5.56 Å². The minimum Gasteiger partial charge on any atom is -0.497 e. The summed E-state index contributed by atoms with van der Waals surface area (Å²) in [6, 6.07) is 13.7. The molecule has 8 heteroatoms. The Hall–Kier alpha value is -2.60. The van der Waals surface area contributed by atoms with Gasteiger partial charge < -0.3 is 14.4 Å². The molecule has 7 nitrogen and oxygen atoms in total. The number of likely N-dealkylation sites (N-methyl/N-ethyl adjacent to an activating group) is 1. The van der Waals surface area contributed by atoms with E-state index < -0.39 is 10.0 Å². The van der Waals surface area contributed by atoms with Gasteiger partial charge in [0.25, 0.3) is 0 Å². The zero-order chi connectivity index (χ0) is 20.7. The smallest absolute Gasteiger partial charge is 0.247 e. The van der Waals surface area contributed by atoms with Crippen molar-refractivity contribution in [2.24, 2.45) is 0 Å². The molecule has 0 aromatic heterocycles. The SMILES string of the molecule is COc1ccc(OC)c(S(=O)(=O)N(CCN(C)C)Cc2cccc(C#N)c2)c1. The quantitative estimate of drug-likeness (QED) is 0.639. The van der Waals surface area contributed by atoms with Crippen molar-refractivity contribution in [3.05, 3.63) is 53.6 Å². The Labute approximate surface area is 166 Å². The van der Waals surface area contributed by atoms with E-state index in [1.807, 2.05) is 25.1 Å². The Morgan fingerprint density at radius 1 is 1.04 bits per heavy atom. The van der Waals surface area contributed by atoms with Crippen LogP contribution in [0.4, 0.5) is 0 Å². The van der Waals surface area contributed by atoms with Gasteiger partial charge >= 0.3 is 0 Å². The van der Waals surface area contributed by atoms with Crippen molar-refractivity contribution in [3.63, 3.8) is 0 Å². The maximum Gasteiger partial charge on any atom is 0.247 e. The molecule has 0 aliphatic rings. The standard InChI is InChI=1S/C20H25N3O4S/c1-22(2)10-11-23(15-17-7-5-6-16(12-17)14-21)28(24,25)20-13-18(26-3)8-9-19(20)27-4/h5-9,12-13H,10-11,15H2,1-4H3. The van der Waals surface area contributed by atoms with Gasteiger partial charge in [-0.05, 0) is 43.9 Å². The van der Waals surface area contributed by atoms with Crippen LogP contribution in [-0.4, -0.2) is 59.0 Å². The molecule has 0 bridgehead atoms. The number of hydrogen-bond acceptors (Lipinski definition) is 6. The number of nitriles is 1. The fourth-order valence-corrected chi connectivity index (χ4v) is 4.25. The molecule has 0 fully saturated rings. The van der Waals surface area contributed by atoms with Crippen LogP contribution in [0.15, 0.2) is 47.4 Å². The number of benzene rings is 2. The van der Waals surface area contributed by atoms with Crippen molar-refractivity contribution in [3.8, 4) is 17.6 Å². The van der Waals surface area contributed by atoms with E-state index in [-0.39, 0.29) is 23.7 Å². The molecule has 28 heavy (non-hydrogen) atoms. The summed E-state index contributed by atoms with van der Waals surface area (Å²) in [5, 5.41) is 9.12. The summed E-state index contributed by atoms with van der Waals surface area (Å²) in [4.78, 5) is 1.96. The van der Waals surface area contributed by atoms with Gasteiger partial charge in [-0.2, -0.15) is 9.57 Å². The third-order valence-electron chi connectivity index (χ3n) is 4.20. The summed E-state index contributed by atoms with van der Waals surface area (Å²) in [6.07, 6.45) is 0. The van der Waals surface area contributed by atoms with E-state index in [2.05, 4.69) is 6.07 Å². The van der Waals surface area contributed by atoms with Crippen molar-refractivity contribution in [2.45, 2.75) is 11.4 Å². The van der Waals surface area contributed by atoms with Gasteiger partial charge in [-0.1, -0.05) is 12.1 Å². The van der Waals surface area contributed by atoms with Gasteiger partial charge in [0.2, 0.25) is 10.0 Å². The third kappa shape index (κ3) is 5.23. The average molecular weight is 404 g/mol. The second-order valence-corrected chi connectivity index (χ2v) is 8.38. The molecular weight excluding hydrogens is 378 g/mol. The first kappa shape index (κ1) is 21.7. The lowest BCUT2D eigenvalue weighted by molar-refractivity contribution is 0.327. The molecule has 0 amide bonds. The Morgan fingerprint density at radius 2 is 1.79 bits per heavy atom. The highest BCUT2D eigenvalue weighted by Gasteiger charge is 2.28. The van der Waals surface area contributed by atoms with Crippen LogP contribution >= 0.6 is 0 Å². The monoisotopic (exact) mass is 403 g/mol. The number of nitrogens with zero attached hydrogens (tertiary/aromatic N) is 3. The molecule has 150 valence electrons. The van der Waals surface area contributed by atoms with Crippen molar-refractivity contribution >= 4 is 10.0 Å². The van der Waals surface area contributed by atoms with E-state index in [0.29, 0.717) is 17.9 Å². The van der Waals surface area contributed by atoms with Crippen LogP contribution in [0.2, 0.25) is 0 Å². The van der Waals surface area contributed by atoms with Crippen molar-refractivity contribution in [1.29, 1.82) is 5.26 Å². The van der Waals surface area contributed by atoms with E-state index in [1.54, 1.807) is 30.3 Å². The number of methoxy groups -OCH3 is 2. The molecule has 0 saturated carbocycles. The molecular formula is C20H25N3O4S. The zero-order valence-corrected chi connectivity index (χ0v) is 17.4. The van der Waals surface area contributed by atoms with Gasteiger partial charge in [-0.15, -0.1) is 0 Å². The van der Waals surface area contributed by atoms with E-state index in [4.69, 9.17) is 14.7 Å². The van der Waals surface area contributed by atoms with Gasteiger partial charge in [0.1, 0.15) is 16.4 Å². The normalized spacial score (nSPS) is 11.5. The predicted molar refractivity (Wildman–Crippen MR) is 107 cm³/mol. The van der Waals surface area contributed by atoms with Crippen molar-refractivity contribution in [2.75, 3.05) is 41.4 Å². The lowest BCUT2D eigenvalue weighted by Gasteiger charge is -2.25. The minimum atomic E-state index is -3.87. The highest BCUT2D eigenvalue weighted by molar-refractivity contribution is 7.89. The fraction of sp³-hybridized carbons (Fsp3) is 0.350. The van der Waals surface area contributed by atoms with Crippen LogP contribution in [0.25, 0.3) is 0 Å². The molecule has 0 atom stereocenters. The fourth-order valence-electron chi connectivity index (χ4n) is 2.66. The summed E-state index contributed by atoms with van der Waals surface area (Å²) >= 11 is 0. The number of ether oxygens (including phenoxy) is 2. The first-order chi connectivity index (χ1) is 13.3. The lowest BCUT2D eigenvalue weighted by atomic mass is 10.1. The van der Waals surface area contributed by atoms with E-state index in [9.17, 15) is 8.42 Å². The van der Waals surface area contributed by atoms with E-state index in [1.165, 1.54) is 24.6 Å². The molecule has 0 aliphatic heterocycles. The summed E-state index contributed by atoms with van der Waals surface area (Å²) in [7, 11) is 2.81. The molecule has 0 saturated heterocycles. The Morgan fingerprint density at radius 3 is 2.39 bits per heavy atom. The average Bonchev–Trinajstić information content (AvgIpc) is 2.70. The molecule has 2 rings (SSSR count). The summed E-state index contributed by atoms with van der Waals surface area (Å²) in [5.74, 6) is 0.680. The topological polar surface area (TPSA) is 82.9 Å². The summed E-state index contributed by atoms with van der Waals surface area (Å²) < 4.78 is 38.8. The van der Waals surface area contributed by atoms with Crippen LogP contribution in [0.3, 0.4) is 0 Å². The summed E-state index contributed by atoms with van der Waals surface area (Å²) in [5.41, 5.74) is 1.23. The second kappa shape index (κ2) is 9.55. The molecule has 2 aromatic rings. The first-order valence-electron chi connectivity index (χ1n) is 8.67. The highest BCUT2D eigenvalue weighted by atomic mass is 32.2. The van der Waals surface area contributed by atoms with Gasteiger partial charge in [0.15, 0.2) is 0 Å². The second-order valence-electron chi connectivity index (χ2n) is 6.47. The molecule has 0 heterocycles. The van der Waals surface area contributed by atoms with Gasteiger partial charge in [-0.25, -0.2) is 8.42 Å². The largest absolute Gasteiger partial charge is 0.497 e. The number of hydrogen-bond donors (Lipinski definition) is 0. The zero-order valence-electron chi connectivity index (χ0n) is 16.5. The lowest BCUT2D eigenvalue weighted by Crippen LogP contribution is -2.36. The Kier molecular flexibility index (Phi) is 7.40. The highest BCUT2D eigenvalue weighted by Crippen LogP contribution is 2.31. The number of rotatable bonds is 9. The van der Waals surface area contributed by atoms with Gasteiger partial charge in [-0.3, -0.25) is 0 Å². The first-order valence-corrected chi connectivity index (χ1v) is 10.1. The Bertz CT molecular complexity index is 952. The molecule has 0 unspecified atom stereocenters. The maximum atomic E-state index is 13.5. The van der Waals surface area contributed by atoms with Crippen molar-refractivity contribution in [1.82, 2.24) is 9.21 Å². The van der Waals surface area contributed by atoms with Crippen LogP contribution in [-0.2, 0) is 16.6 Å².